The number of rotatable bonds is 6. The zero-order valence-corrected chi connectivity index (χ0v) is 17.4. The van der Waals surface area contributed by atoms with Crippen molar-refractivity contribution >= 4 is 21.4 Å². The fraction of sp³-hybridized carbons (Fsp3) is 0.409. The van der Waals surface area contributed by atoms with E-state index in [-0.39, 0.29) is 11.7 Å². The molecule has 1 heterocycles. The third-order valence-corrected chi connectivity index (χ3v) is 5.91. The summed E-state index contributed by atoms with van der Waals surface area (Å²) in [6.07, 6.45) is 5.02. The molecule has 2 aromatic carbocycles. The lowest BCUT2D eigenvalue weighted by Gasteiger charge is -2.29. The van der Waals surface area contributed by atoms with Gasteiger partial charge in [0.2, 0.25) is 0 Å². The van der Waals surface area contributed by atoms with E-state index in [4.69, 9.17) is 0 Å². The van der Waals surface area contributed by atoms with Gasteiger partial charge in [-0.3, -0.25) is 4.79 Å². The van der Waals surface area contributed by atoms with E-state index in [0.717, 1.165) is 18.7 Å². The van der Waals surface area contributed by atoms with Crippen molar-refractivity contribution < 1.29 is 13.2 Å². The number of carbonyl (C=O) groups is 1. The molecule has 2 aromatic rings. The first-order chi connectivity index (χ1) is 13.3. The van der Waals surface area contributed by atoms with E-state index < -0.39 is 9.84 Å². The van der Waals surface area contributed by atoms with Crippen LogP contribution < -0.4 is 4.90 Å². The Morgan fingerprint density at radius 3 is 2.07 bits per heavy atom. The summed E-state index contributed by atoms with van der Waals surface area (Å²) in [5, 5.41) is 0. The van der Waals surface area contributed by atoms with Gasteiger partial charge in [0, 0.05) is 44.2 Å². The highest BCUT2D eigenvalue weighted by Gasteiger charge is 2.14. The lowest BCUT2D eigenvalue weighted by molar-refractivity contribution is 0.0785. The number of carbonyl (C=O) groups excluding carboxylic acids is 1. The molecular weight excluding hydrogens is 372 g/mol. The molecule has 0 aliphatic carbocycles. The van der Waals surface area contributed by atoms with Gasteiger partial charge in [-0.1, -0.05) is 24.3 Å². The van der Waals surface area contributed by atoms with Crippen molar-refractivity contribution in [3.05, 3.63) is 65.2 Å². The zero-order chi connectivity index (χ0) is 20.1. The topological polar surface area (TPSA) is 57.7 Å². The van der Waals surface area contributed by atoms with Gasteiger partial charge in [-0.15, -0.1) is 0 Å². The van der Waals surface area contributed by atoms with Gasteiger partial charge < -0.3 is 9.80 Å². The van der Waals surface area contributed by atoms with Crippen LogP contribution in [0.3, 0.4) is 0 Å². The van der Waals surface area contributed by atoms with E-state index in [1.54, 1.807) is 36.2 Å². The molecule has 1 amide bonds. The van der Waals surface area contributed by atoms with Gasteiger partial charge in [-0.25, -0.2) is 8.42 Å². The van der Waals surface area contributed by atoms with E-state index in [9.17, 15) is 13.2 Å². The van der Waals surface area contributed by atoms with Crippen LogP contribution in [0.5, 0.6) is 0 Å². The minimum atomic E-state index is -3.08. The quantitative estimate of drug-likeness (QED) is 0.745. The minimum absolute atomic E-state index is 0.0132. The molecule has 1 fully saturated rings. The van der Waals surface area contributed by atoms with Crippen molar-refractivity contribution in [3.8, 4) is 0 Å². The van der Waals surface area contributed by atoms with Gasteiger partial charge in [-0.05, 0) is 54.7 Å². The van der Waals surface area contributed by atoms with Crippen LogP contribution in [0.25, 0.3) is 0 Å². The van der Waals surface area contributed by atoms with Crippen molar-refractivity contribution in [2.45, 2.75) is 31.6 Å². The molecule has 0 bridgehead atoms. The molecule has 0 aromatic heterocycles. The molecule has 0 saturated carbocycles. The van der Waals surface area contributed by atoms with Crippen molar-refractivity contribution in [2.75, 3.05) is 31.3 Å². The summed E-state index contributed by atoms with van der Waals surface area (Å²) < 4.78 is 22.8. The highest BCUT2D eigenvalue weighted by molar-refractivity contribution is 7.89. The molecule has 0 spiro atoms. The highest BCUT2D eigenvalue weighted by Crippen LogP contribution is 2.21. The van der Waals surface area contributed by atoms with Crippen LogP contribution in [-0.2, 0) is 22.1 Å². The van der Waals surface area contributed by atoms with Crippen LogP contribution in [0.1, 0.15) is 40.7 Å². The predicted molar refractivity (Wildman–Crippen MR) is 113 cm³/mol. The normalized spacial score (nSPS) is 14.7. The zero-order valence-electron chi connectivity index (χ0n) is 16.6. The Bertz CT molecular complexity index is 900. The Morgan fingerprint density at radius 2 is 1.50 bits per heavy atom. The SMILES string of the molecule is CN(Cc1ccc(N2CCCCC2)cc1)C(=O)c1ccc(CS(C)(=O)=O)cc1. The molecule has 0 unspecified atom stereocenters. The predicted octanol–water partition coefficient (Wildman–Crippen LogP) is 3.49. The van der Waals surface area contributed by atoms with E-state index in [1.165, 1.54) is 31.2 Å². The summed E-state index contributed by atoms with van der Waals surface area (Å²) in [6, 6.07) is 15.2. The Labute approximate surface area is 167 Å². The van der Waals surface area contributed by atoms with Crippen molar-refractivity contribution in [1.82, 2.24) is 4.90 Å². The number of anilines is 1. The van der Waals surface area contributed by atoms with Gasteiger partial charge in [0.05, 0.1) is 5.75 Å². The van der Waals surface area contributed by atoms with Crippen molar-refractivity contribution in [1.29, 1.82) is 0 Å². The number of benzene rings is 2. The van der Waals surface area contributed by atoms with Gasteiger partial charge in [0.15, 0.2) is 9.84 Å². The van der Waals surface area contributed by atoms with Gasteiger partial charge >= 0.3 is 0 Å². The Balaban J connectivity index is 1.60. The summed E-state index contributed by atoms with van der Waals surface area (Å²) in [5.74, 6) is -0.0910. The Morgan fingerprint density at radius 1 is 0.929 bits per heavy atom. The van der Waals surface area contributed by atoms with E-state index >= 15 is 0 Å². The molecular formula is C22H28N2O3S. The molecule has 0 radical (unpaired) electrons. The summed E-state index contributed by atoms with van der Waals surface area (Å²) in [6.45, 7) is 2.77. The molecule has 6 heteroatoms. The number of hydrogen-bond donors (Lipinski definition) is 0. The number of piperidine rings is 1. The smallest absolute Gasteiger partial charge is 0.253 e. The van der Waals surface area contributed by atoms with E-state index in [1.807, 2.05) is 0 Å². The Kier molecular flexibility index (Phi) is 6.39. The second-order valence-corrected chi connectivity index (χ2v) is 9.78. The van der Waals surface area contributed by atoms with E-state index in [2.05, 4.69) is 29.2 Å². The van der Waals surface area contributed by atoms with Crippen LogP contribution in [0.2, 0.25) is 0 Å². The summed E-state index contributed by atoms with van der Waals surface area (Å²) >= 11 is 0. The van der Waals surface area contributed by atoms with Crippen LogP contribution in [0.15, 0.2) is 48.5 Å². The van der Waals surface area contributed by atoms with Crippen LogP contribution in [0, 0.1) is 0 Å². The molecule has 28 heavy (non-hydrogen) atoms. The molecule has 5 nitrogen and oxygen atoms in total. The largest absolute Gasteiger partial charge is 0.372 e. The number of hydrogen-bond acceptors (Lipinski definition) is 4. The van der Waals surface area contributed by atoms with Gasteiger partial charge in [-0.2, -0.15) is 0 Å². The first-order valence-electron chi connectivity index (χ1n) is 9.68. The maximum absolute atomic E-state index is 12.7. The van der Waals surface area contributed by atoms with Crippen LogP contribution in [-0.4, -0.2) is 45.6 Å². The second-order valence-electron chi connectivity index (χ2n) is 7.64. The van der Waals surface area contributed by atoms with Gasteiger partial charge in [0.1, 0.15) is 0 Å². The summed E-state index contributed by atoms with van der Waals surface area (Å²) in [5.41, 5.74) is 3.59. The Hall–Kier alpha value is -2.34. The molecule has 1 aliphatic rings. The summed E-state index contributed by atoms with van der Waals surface area (Å²) in [4.78, 5) is 16.8. The highest BCUT2D eigenvalue weighted by atomic mass is 32.2. The minimum Gasteiger partial charge on any atom is -0.372 e. The fourth-order valence-corrected chi connectivity index (χ4v) is 4.37. The lowest BCUT2D eigenvalue weighted by Crippen LogP contribution is -2.29. The van der Waals surface area contributed by atoms with E-state index in [0.29, 0.717) is 17.7 Å². The standard InChI is InChI=1S/C22H28N2O3S/c1-23(22(25)20-10-6-19(7-11-20)17-28(2,26)27)16-18-8-12-21(13-9-18)24-14-4-3-5-15-24/h6-13H,3-5,14-17H2,1-2H3. The molecule has 1 saturated heterocycles. The number of nitrogens with zero attached hydrogens (tertiary/aromatic N) is 2. The molecule has 3 rings (SSSR count). The van der Waals surface area contributed by atoms with Crippen LogP contribution in [0.4, 0.5) is 5.69 Å². The van der Waals surface area contributed by atoms with Crippen molar-refractivity contribution in [3.63, 3.8) is 0 Å². The molecule has 0 N–H and O–H groups in total. The molecule has 1 aliphatic heterocycles. The fourth-order valence-electron chi connectivity index (χ4n) is 3.58. The third kappa shape index (κ3) is 5.58. The molecule has 0 atom stereocenters. The molecule has 150 valence electrons. The number of sulfone groups is 1. The lowest BCUT2D eigenvalue weighted by atomic mass is 10.1. The number of amides is 1. The summed E-state index contributed by atoms with van der Waals surface area (Å²) in [7, 11) is -1.29. The monoisotopic (exact) mass is 400 g/mol. The van der Waals surface area contributed by atoms with Gasteiger partial charge in [0.25, 0.3) is 5.91 Å². The second kappa shape index (κ2) is 8.78. The maximum Gasteiger partial charge on any atom is 0.253 e. The average molecular weight is 401 g/mol. The maximum atomic E-state index is 12.7. The van der Waals surface area contributed by atoms with Crippen LogP contribution >= 0.6 is 0 Å². The first kappa shape index (κ1) is 20.4. The first-order valence-corrected chi connectivity index (χ1v) is 11.7. The van der Waals surface area contributed by atoms with Crippen molar-refractivity contribution in [2.24, 2.45) is 0 Å². The average Bonchev–Trinajstić information content (AvgIpc) is 2.68. The third-order valence-electron chi connectivity index (χ3n) is 5.05.